The lowest BCUT2D eigenvalue weighted by atomic mass is 10.0. The lowest BCUT2D eigenvalue weighted by molar-refractivity contribution is 0.344. The van der Waals surface area contributed by atoms with Gasteiger partial charge in [0, 0.05) is 25.0 Å². The summed E-state index contributed by atoms with van der Waals surface area (Å²) in [5.74, 6) is 1.45. The Morgan fingerprint density at radius 2 is 1.88 bits per heavy atom. The molecule has 0 saturated heterocycles. The van der Waals surface area contributed by atoms with Crippen molar-refractivity contribution >= 4 is 5.82 Å². The predicted octanol–water partition coefficient (Wildman–Crippen LogP) is 1.78. The molecule has 0 amide bonds. The second kappa shape index (κ2) is 5.80. The molecule has 4 heteroatoms. The number of nitrogens with one attached hydrogen (secondary N) is 1. The van der Waals surface area contributed by atoms with Crippen molar-refractivity contribution in [3.8, 4) is 0 Å². The Morgan fingerprint density at radius 1 is 1.25 bits per heavy atom. The molecule has 0 fully saturated rings. The fourth-order valence-corrected chi connectivity index (χ4v) is 1.54. The summed E-state index contributed by atoms with van der Waals surface area (Å²) in [6, 6.07) is 0.394. The van der Waals surface area contributed by atoms with E-state index in [0.717, 1.165) is 18.1 Å². The Labute approximate surface area is 98.1 Å². The molecule has 1 rings (SSSR count). The van der Waals surface area contributed by atoms with E-state index in [-0.39, 0.29) is 0 Å². The minimum absolute atomic E-state index is 0.394. The SMILES string of the molecule is Cc1nccnc1NC(CN(C)C)C(C)C. The van der Waals surface area contributed by atoms with Gasteiger partial charge in [0.05, 0.1) is 5.69 Å². The maximum absolute atomic E-state index is 4.32. The lowest BCUT2D eigenvalue weighted by Gasteiger charge is -2.26. The first-order valence-electron chi connectivity index (χ1n) is 5.69. The summed E-state index contributed by atoms with van der Waals surface area (Å²) < 4.78 is 0. The molecule has 4 nitrogen and oxygen atoms in total. The van der Waals surface area contributed by atoms with Gasteiger partial charge >= 0.3 is 0 Å². The first-order chi connectivity index (χ1) is 7.50. The van der Waals surface area contributed by atoms with Crippen molar-refractivity contribution in [2.24, 2.45) is 5.92 Å². The quantitative estimate of drug-likeness (QED) is 0.824. The van der Waals surface area contributed by atoms with Crippen LogP contribution >= 0.6 is 0 Å². The van der Waals surface area contributed by atoms with Crippen LogP contribution in [0.1, 0.15) is 19.5 Å². The van der Waals surface area contributed by atoms with Crippen LogP contribution < -0.4 is 5.32 Å². The second-order valence-corrected chi connectivity index (χ2v) is 4.75. The van der Waals surface area contributed by atoms with Gasteiger partial charge in [0.15, 0.2) is 0 Å². The smallest absolute Gasteiger partial charge is 0.147 e. The number of anilines is 1. The van der Waals surface area contributed by atoms with Crippen LogP contribution in [-0.4, -0.2) is 41.5 Å². The Kier molecular flexibility index (Phi) is 4.68. The molecule has 0 saturated carbocycles. The highest BCUT2D eigenvalue weighted by Gasteiger charge is 2.15. The van der Waals surface area contributed by atoms with E-state index in [0.29, 0.717) is 12.0 Å². The molecule has 1 atom stereocenters. The third kappa shape index (κ3) is 3.77. The minimum Gasteiger partial charge on any atom is -0.364 e. The first-order valence-corrected chi connectivity index (χ1v) is 5.69. The summed E-state index contributed by atoms with van der Waals surface area (Å²) in [5, 5.41) is 3.46. The monoisotopic (exact) mass is 222 g/mol. The van der Waals surface area contributed by atoms with Crippen molar-refractivity contribution in [1.29, 1.82) is 0 Å². The molecule has 1 N–H and O–H groups in total. The van der Waals surface area contributed by atoms with E-state index in [1.54, 1.807) is 12.4 Å². The zero-order valence-corrected chi connectivity index (χ0v) is 10.9. The van der Waals surface area contributed by atoms with E-state index < -0.39 is 0 Å². The molecular formula is C12H22N4. The maximum Gasteiger partial charge on any atom is 0.147 e. The molecule has 0 aliphatic carbocycles. The summed E-state index contributed by atoms with van der Waals surface area (Å²) in [4.78, 5) is 10.7. The lowest BCUT2D eigenvalue weighted by Crippen LogP contribution is -2.36. The van der Waals surface area contributed by atoms with Crippen LogP contribution in [0.3, 0.4) is 0 Å². The zero-order chi connectivity index (χ0) is 12.1. The van der Waals surface area contributed by atoms with Crippen molar-refractivity contribution in [1.82, 2.24) is 14.9 Å². The van der Waals surface area contributed by atoms with Crippen molar-refractivity contribution in [3.05, 3.63) is 18.1 Å². The number of likely N-dealkylation sites (N-methyl/N-ethyl adjacent to an activating group) is 1. The van der Waals surface area contributed by atoms with Gasteiger partial charge in [0.25, 0.3) is 0 Å². The van der Waals surface area contributed by atoms with Gasteiger partial charge in [0.1, 0.15) is 5.82 Å². The van der Waals surface area contributed by atoms with Crippen LogP contribution in [0.4, 0.5) is 5.82 Å². The topological polar surface area (TPSA) is 41.1 Å². The molecule has 1 heterocycles. The molecule has 0 spiro atoms. The molecule has 1 aromatic rings. The molecular weight excluding hydrogens is 200 g/mol. The van der Waals surface area contributed by atoms with Gasteiger partial charge in [0.2, 0.25) is 0 Å². The van der Waals surface area contributed by atoms with Gasteiger partial charge < -0.3 is 10.2 Å². The zero-order valence-electron chi connectivity index (χ0n) is 10.9. The van der Waals surface area contributed by atoms with E-state index in [1.807, 2.05) is 6.92 Å². The molecule has 0 bridgehead atoms. The van der Waals surface area contributed by atoms with E-state index in [2.05, 4.69) is 48.1 Å². The third-order valence-electron chi connectivity index (χ3n) is 2.57. The predicted molar refractivity (Wildman–Crippen MR) is 67.6 cm³/mol. The van der Waals surface area contributed by atoms with Gasteiger partial charge in [-0.1, -0.05) is 13.8 Å². The number of aromatic nitrogens is 2. The molecule has 0 aliphatic rings. The van der Waals surface area contributed by atoms with Crippen LogP contribution in [0.2, 0.25) is 0 Å². The highest BCUT2D eigenvalue weighted by Crippen LogP contribution is 2.13. The maximum atomic E-state index is 4.32. The van der Waals surface area contributed by atoms with E-state index in [9.17, 15) is 0 Å². The molecule has 16 heavy (non-hydrogen) atoms. The van der Waals surface area contributed by atoms with Gasteiger partial charge in [-0.3, -0.25) is 4.98 Å². The van der Waals surface area contributed by atoms with Crippen molar-refractivity contribution in [3.63, 3.8) is 0 Å². The highest BCUT2D eigenvalue weighted by atomic mass is 15.1. The summed E-state index contributed by atoms with van der Waals surface area (Å²) in [6.45, 7) is 7.40. The van der Waals surface area contributed by atoms with Crippen LogP contribution in [0, 0.1) is 12.8 Å². The normalized spacial score (nSPS) is 13.2. The van der Waals surface area contributed by atoms with Crippen LogP contribution in [-0.2, 0) is 0 Å². The fourth-order valence-electron chi connectivity index (χ4n) is 1.54. The van der Waals surface area contributed by atoms with Crippen LogP contribution in [0.5, 0.6) is 0 Å². The first kappa shape index (κ1) is 12.9. The number of hydrogen-bond donors (Lipinski definition) is 1. The van der Waals surface area contributed by atoms with Gasteiger partial charge in [-0.25, -0.2) is 4.98 Å². The molecule has 0 radical (unpaired) electrons. The Hall–Kier alpha value is -1.16. The molecule has 1 aromatic heterocycles. The Balaban J connectivity index is 2.72. The fraction of sp³-hybridized carbons (Fsp3) is 0.667. The van der Waals surface area contributed by atoms with E-state index in [4.69, 9.17) is 0 Å². The molecule has 90 valence electrons. The van der Waals surface area contributed by atoms with Gasteiger partial charge in [-0.2, -0.15) is 0 Å². The van der Waals surface area contributed by atoms with Crippen molar-refractivity contribution in [2.45, 2.75) is 26.8 Å². The van der Waals surface area contributed by atoms with Gasteiger partial charge in [-0.15, -0.1) is 0 Å². The van der Waals surface area contributed by atoms with E-state index in [1.165, 1.54) is 0 Å². The second-order valence-electron chi connectivity index (χ2n) is 4.75. The van der Waals surface area contributed by atoms with Crippen molar-refractivity contribution < 1.29 is 0 Å². The van der Waals surface area contributed by atoms with Crippen molar-refractivity contribution in [2.75, 3.05) is 26.0 Å². The summed E-state index contributed by atoms with van der Waals surface area (Å²) in [6.07, 6.45) is 3.44. The number of aryl methyl sites for hydroxylation is 1. The summed E-state index contributed by atoms with van der Waals surface area (Å²) >= 11 is 0. The minimum atomic E-state index is 0.394. The standard InChI is InChI=1S/C12H22N4/c1-9(2)11(8-16(4)5)15-12-10(3)13-6-7-14-12/h6-7,9,11H,8H2,1-5H3,(H,14,15). The van der Waals surface area contributed by atoms with Crippen LogP contribution in [0.15, 0.2) is 12.4 Å². The summed E-state index contributed by atoms with van der Waals surface area (Å²) in [7, 11) is 4.17. The number of nitrogens with zero attached hydrogens (tertiary/aromatic N) is 3. The van der Waals surface area contributed by atoms with Crippen LogP contribution in [0.25, 0.3) is 0 Å². The van der Waals surface area contributed by atoms with Gasteiger partial charge in [-0.05, 0) is 26.9 Å². The summed E-state index contributed by atoms with van der Waals surface area (Å²) in [5.41, 5.74) is 0.951. The number of hydrogen-bond acceptors (Lipinski definition) is 4. The Bertz CT molecular complexity index is 323. The largest absolute Gasteiger partial charge is 0.364 e. The average Bonchev–Trinajstić information content (AvgIpc) is 2.19. The Morgan fingerprint density at radius 3 is 2.38 bits per heavy atom. The number of rotatable bonds is 5. The molecule has 1 unspecified atom stereocenters. The average molecular weight is 222 g/mol. The third-order valence-corrected chi connectivity index (χ3v) is 2.57. The highest BCUT2D eigenvalue weighted by molar-refractivity contribution is 5.39. The molecule has 0 aromatic carbocycles. The molecule has 0 aliphatic heterocycles. The van der Waals surface area contributed by atoms with E-state index >= 15 is 0 Å².